The lowest BCUT2D eigenvalue weighted by Gasteiger charge is -2.09. The Morgan fingerprint density at radius 3 is 2.58 bits per heavy atom. The lowest BCUT2D eigenvalue weighted by Crippen LogP contribution is -2.33. The van der Waals surface area contributed by atoms with Gasteiger partial charge in [-0.3, -0.25) is 14.6 Å². The largest absolute Gasteiger partial charge is 0.347 e. The molecule has 8 heteroatoms. The van der Waals surface area contributed by atoms with E-state index in [-0.39, 0.29) is 49.2 Å². The van der Waals surface area contributed by atoms with Crippen LogP contribution in [0, 0.1) is 0 Å². The van der Waals surface area contributed by atoms with E-state index in [4.69, 9.17) is 5.73 Å². The molecule has 0 spiro atoms. The van der Waals surface area contributed by atoms with Gasteiger partial charge in [0, 0.05) is 24.0 Å². The summed E-state index contributed by atoms with van der Waals surface area (Å²) in [5, 5.41) is 6.29. The highest BCUT2D eigenvalue weighted by Gasteiger charge is 2.09. The minimum atomic E-state index is -0.285. The number of fused-ring (bicyclic) bond motifs is 1. The van der Waals surface area contributed by atoms with Crippen LogP contribution in [-0.2, 0) is 9.59 Å². The first-order valence-corrected chi connectivity index (χ1v) is 7.22. The van der Waals surface area contributed by atoms with E-state index in [0.29, 0.717) is 18.5 Å². The number of anilines is 1. The van der Waals surface area contributed by atoms with Crippen molar-refractivity contribution in [1.82, 2.24) is 10.3 Å². The Balaban J connectivity index is 0.00000264. The third-order valence-electron chi connectivity index (χ3n) is 3.18. The topological polar surface area (TPSA) is 97.1 Å². The van der Waals surface area contributed by atoms with Crippen molar-refractivity contribution in [1.29, 1.82) is 0 Å². The van der Waals surface area contributed by atoms with E-state index in [0.717, 1.165) is 10.9 Å². The molecule has 0 saturated carbocycles. The van der Waals surface area contributed by atoms with E-state index in [9.17, 15) is 9.59 Å². The molecule has 132 valence electrons. The summed E-state index contributed by atoms with van der Waals surface area (Å²) in [4.78, 5) is 27.7. The van der Waals surface area contributed by atoms with Gasteiger partial charge in [0.1, 0.15) is 0 Å². The Morgan fingerprint density at radius 1 is 1.17 bits per heavy atom. The molecule has 0 radical (unpaired) electrons. The SMILES string of the molecule is CC(N)CCC(=O)NCC(=O)Nc1cccc2cccnc12.Cl.Cl. The van der Waals surface area contributed by atoms with Crippen LogP contribution >= 0.6 is 24.8 Å². The van der Waals surface area contributed by atoms with Gasteiger partial charge < -0.3 is 16.4 Å². The molecule has 1 heterocycles. The number of hydrogen-bond acceptors (Lipinski definition) is 4. The van der Waals surface area contributed by atoms with Crippen LogP contribution in [0.3, 0.4) is 0 Å². The van der Waals surface area contributed by atoms with Crippen LogP contribution in [-0.4, -0.2) is 29.4 Å². The monoisotopic (exact) mass is 372 g/mol. The molecule has 0 fully saturated rings. The quantitative estimate of drug-likeness (QED) is 0.724. The van der Waals surface area contributed by atoms with Gasteiger partial charge in [-0.2, -0.15) is 0 Å². The van der Waals surface area contributed by atoms with Crippen LogP contribution in [0.5, 0.6) is 0 Å². The number of carbonyl (C=O) groups excluding carboxylic acids is 2. The molecule has 0 aliphatic carbocycles. The smallest absolute Gasteiger partial charge is 0.243 e. The number of amides is 2. The Hall–Kier alpha value is -1.89. The molecular formula is C16H22Cl2N4O2. The number of nitrogens with two attached hydrogens (primary N) is 1. The van der Waals surface area contributed by atoms with Crippen LogP contribution in [0.25, 0.3) is 10.9 Å². The zero-order valence-electron chi connectivity index (χ0n) is 13.3. The number of para-hydroxylation sites is 1. The first kappa shape index (κ1) is 22.1. The second-order valence-corrected chi connectivity index (χ2v) is 5.22. The number of nitrogens with one attached hydrogen (secondary N) is 2. The molecule has 24 heavy (non-hydrogen) atoms. The van der Waals surface area contributed by atoms with Crippen molar-refractivity contribution in [3.63, 3.8) is 0 Å². The minimum absolute atomic E-state index is 0. The van der Waals surface area contributed by atoms with E-state index in [1.807, 2.05) is 31.2 Å². The van der Waals surface area contributed by atoms with Crippen LogP contribution in [0.2, 0.25) is 0 Å². The molecule has 6 nitrogen and oxygen atoms in total. The fourth-order valence-electron chi connectivity index (χ4n) is 2.03. The van der Waals surface area contributed by atoms with Crippen molar-refractivity contribution in [2.24, 2.45) is 5.73 Å². The van der Waals surface area contributed by atoms with Crippen molar-refractivity contribution in [3.05, 3.63) is 36.5 Å². The number of hydrogen-bond donors (Lipinski definition) is 3. The highest BCUT2D eigenvalue weighted by molar-refractivity contribution is 6.01. The molecule has 2 aromatic rings. The lowest BCUT2D eigenvalue weighted by atomic mass is 10.2. The van der Waals surface area contributed by atoms with Crippen LogP contribution < -0.4 is 16.4 Å². The summed E-state index contributed by atoms with van der Waals surface area (Å²) in [5.74, 6) is -0.462. The summed E-state index contributed by atoms with van der Waals surface area (Å²) in [6, 6.07) is 9.29. The second kappa shape index (κ2) is 10.8. The second-order valence-electron chi connectivity index (χ2n) is 5.22. The van der Waals surface area contributed by atoms with Crippen LogP contribution in [0.15, 0.2) is 36.5 Å². The maximum Gasteiger partial charge on any atom is 0.243 e. The predicted octanol–water partition coefficient (Wildman–Crippen LogP) is 2.26. The molecule has 2 amide bonds. The number of halogens is 2. The lowest BCUT2D eigenvalue weighted by molar-refractivity contribution is -0.124. The van der Waals surface area contributed by atoms with Gasteiger partial charge in [0.15, 0.2) is 0 Å². The number of rotatable bonds is 6. The van der Waals surface area contributed by atoms with Gasteiger partial charge in [0.2, 0.25) is 11.8 Å². The summed E-state index contributed by atoms with van der Waals surface area (Å²) < 4.78 is 0. The fourth-order valence-corrected chi connectivity index (χ4v) is 2.03. The van der Waals surface area contributed by atoms with Gasteiger partial charge >= 0.3 is 0 Å². The van der Waals surface area contributed by atoms with Crippen molar-refractivity contribution in [2.75, 3.05) is 11.9 Å². The molecule has 0 saturated heterocycles. The first-order chi connectivity index (χ1) is 10.6. The first-order valence-electron chi connectivity index (χ1n) is 7.22. The maximum absolute atomic E-state index is 11.9. The van der Waals surface area contributed by atoms with Gasteiger partial charge in [0.25, 0.3) is 0 Å². The molecule has 4 N–H and O–H groups in total. The minimum Gasteiger partial charge on any atom is -0.347 e. The van der Waals surface area contributed by atoms with Gasteiger partial charge in [-0.05, 0) is 25.5 Å². The van der Waals surface area contributed by atoms with E-state index in [2.05, 4.69) is 15.6 Å². The number of aromatic nitrogens is 1. The molecule has 1 atom stereocenters. The average Bonchev–Trinajstić information content (AvgIpc) is 2.51. The van der Waals surface area contributed by atoms with Crippen molar-refractivity contribution in [3.8, 4) is 0 Å². The molecule has 1 unspecified atom stereocenters. The third kappa shape index (κ3) is 6.70. The summed E-state index contributed by atoms with van der Waals surface area (Å²) in [5.41, 5.74) is 6.94. The summed E-state index contributed by atoms with van der Waals surface area (Å²) in [6.07, 6.45) is 2.59. The van der Waals surface area contributed by atoms with Crippen molar-refractivity contribution < 1.29 is 9.59 Å². The van der Waals surface area contributed by atoms with Crippen LogP contribution in [0.4, 0.5) is 5.69 Å². The average molecular weight is 373 g/mol. The van der Waals surface area contributed by atoms with Gasteiger partial charge in [0.05, 0.1) is 17.7 Å². The highest BCUT2D eigenvalue weighted by atomic mass is 35.5. The summed E-state index contributed by atoms with van der Waals surface area (Å²) >= 11 is 0. The number of benzene rings is 1. The standard InChI is InChI=1S/C16H20N4O2.2ClH/c1-11(17)7-8-14(21)19-10-15(22)20-13-6-2-4-12-5-3-9-18-16(12)13;;/h2-6,9,11H,7-8,10,17H2,1H3,(H,19,21)(H,20,22);2*1H. The zero-order chi connectivity index (χ0) is 15.9. The highest BCUT2D eigenvalue weighted by Crippen LogP contribution is 2.20. The Kier molecular flexibility index (Phi) is 9.95. The molecular weight excluding hydrogens is 351 g/mol. The maximum atomic E-state index is 11.9. The van der Waals surface area contributed by atoms with Crippen molar-refractivity contribution in [2.45, 2.75) is 25.8 Å². The van der Waals surface area contributed by atoms with Crippen molar-refractivity contribution >= 4 is 53.2 Å². The third-order valence-corrected chi connectivity index (χ3v) is 3.18. The number of nitrogens with zero attached hydrogens (tertiary/aromatic N) is 1. The Labute approximate surface area is 153 Å². The molecule has 0 bridgehead atoms. The molecule has 0 aliphatic rings. The summed E-state index contributed by atoms with van der Waals surface area (Å²) in [6.45, 7) is 1.77. The fraction of sp³-hybridized carbons (Fsp3) is 0.312. The van der Waals surface area contributed by atoms with E-state index < -0.39 is 0 Å². The predicted molar refractivity (Wildman–Crippen MR) is 101 cm³/mol. The zero-order valence-corrected chi connectivity index (χ0v) is 15.0. The van der Waals surface area contributed by atoms with E-state index in [1.165, 1.54) is 0 Å². The molecule has 1 aromatic carbocycles. The molecule has 0 aliphatic heterocycles. The van der Waals surface area contributed by atoms with E-state index >= 15 is 0 Å². The van der Waals surface area contributed by atoms with Gasteiger partial charge in [-0.25, -0.2) is 0 Å². The molecule has 1 aromatic heterocycles. The normalized spacial score (nSPS) is 10.9. The Bertz CT molecular complexity index is 675. The number of pyridine rings is 1. The molecule has 2 rings (SSSR count). The summed E-state index contributed by atoms with van der Waals surface area (Å²) in [7, 11) is 0. The number of carbonyl (C=O) groups is 2. The van der Waals surface area contributed by atoms with E-state index in [1.54, 1.807) is 12.3 Å². The van der Waals surface area contributed by atoms with Crippen LogP contribution in [0.1, 0.15) is 19.8 Å². The van der Waals surface area contributed by atoms with Gasteiger partial charge in [-0.15, -0.1) is 24.8 Å². The Morgan fingerprint density at radius 2 is 1.88 bits per heavy atom. The van der Waals surface area contributed by atoms with Gasteiger partial charge in [-0.1, -0.05) is 18.2 Å².